The van der Waals surface area contributed by atoms with E-state index in [1.807, 2.05) is 29.1 Å². The summed E-state index contributed by atoms with van der Waals surface area (Å²) in [4.78, 5) is 18.9. The molecule has 22 heavy (non-hydrogen) atoms. The van der Waals surface area contributed by atoms with E-state index in [9.17, 15) is 4.79 Å². The number of rotatable bonds is 5. The summed E-state index contributed by atoms with van der Waals surface area (Å²) < 4.78 is 1.35. The van der Waals surface area contributed by atoms with Crippen LogP contribution in [0.4, 0.5) is 0 Å². The Morgan fingerprint density at radius 3 is 2.86 bits per heavy atom. The molecule has 0 aliphatic rings. The fourth-order valence-electron chi connectivity index (χ4n) is 2.28. The van der Waals surface area contributed by atoms with Gasteiger partial charge in [0.05, 0.1) is 5.39 Å². The summed E-state index contributed by atoms with van der Waals surface area (Å²) in [6.45, 7) is 4.25. The van der Waals surface area contributed by atoms with E-state index in [1.165, 1.54) is 22.3 Å². The Morgan fingerprint density at radius 1 is 1.36 bits per heavy atom. The van der Waals surface area contributed by atoms with E-state index in [0.717, 1.165) is 28.1 Å². The quantitative estimate of drug-likeness (QED) is 0.648. The summed E-state index contributed by atoms with van der Waals surface area (Å²) in [6, 6.07) is 4.01. The number of hydrogen-bond donors (Lipinski definition) is 0. The van der Waals surface area contributed by atoms with Crippen LogP contribution in [0.15, 0.2) is 39.1 Å². The van der Waals surface area contributed by atoms with Crippen molar-refractivity contribution in [2.75, 3.05) is 0 Å². The fourth-order valence-corrected chi connectivity index (χ4v) is 4.01. The lowest BCUT2D eigenvalue weighted by Gasteiger charge is -2.04. The third kappa shape index (κ3) is 2.76. The van der Waals surface area contributed by atoms with Crippen LogP contribution >= 0.6 is 22.7 Å². The van der Waals surface area contributed by atoms with E-state index in [1.54, 1.807) is 11.3 Å². The zero-order valence-corrected chi connectivity index (χ0v) is 14.2. The molecule has 0 saturated carbocycles. The van der Waals surface area contributed by atoms with E-state index in [2.05, 4.69) is 23.9 Å². The van der Waals surface area contributed by atoms with Crippen molar-refractivity contribution < 1.29 is 0 Å². The SMILES string of the molecule is CCC(/C=N\n1cnc2scc(-c3cccs3)c2c1=O)CC. The molecule has 3 aromatic rings. The zero-order chi connectivity index (χ0) is 15.5. The van der Waals surface area contributed by atoms with Crippen LogP contribution in [0.2, 0.25) is 0 Å². The van der Waals surface area contributed by atoms with Gasteiger partial charge in [-0.15, -0.1) is 22.7 Å². The summed E-state index contributed by atoms with van der Waals surface area (Å²) in [5, 5.41) is 9.00. The molecule has 0 saturated heterocycles. The first-order chi connectivity index (χ1) is 10.7. The van der Waals surface area contributed by atoms with Crippen molar-refractivity contribution in [1.82, 2.24) is 9.66 Å². The normalized spacial score (nSPS) is 12.0. The molecule has 0 aliphatic heterocycles. The molecular formula is C16H17N3OS2. The van der Waals surface area contributed by atoms with Crippen LogP contribution in [0.3, 0.4) is 0 Å². The smallest absolute Gasteiger partial charge is 0.267 e. The van der Waals surface area contributed by atoms with E-state index >= 15 is 0 Å². The topological polar surface area (TPSA) is 47.2 Å². The van der Waals surface area contributed by atoms with Crippen LogP contribution in [0.25, 0.3) is 20.7 Å². The Bertz CT molecular complexity index is 842. The van der Waals surface area contributed by atoms with Gasteiger partial charge in [0.2, 0.25) is 0 Å². The van der Waals surface area contributed by atoms with E-state index in [4.69, 9.17) is 0 Å². The van der Waals surface area contributed by atoms with E-state index in [0.29, 0.717) is 11.3 Å². The van der Waals surface area contributed by atoms with Gasteiger partial charge in [0.15, 0.2) is 0 Å². The van der Waals surface area contributed by atoms with Gasteiger partial charge in [0.25, 0.3) is 5.56 Å². The lowest BCUT2D eigenvalue weighted by atomic mass is 10.1. The monoisotopic (exact) mass is 331 g/mol. The summed E-state index contributed by atoms with van der Waals surface area (Å²) in [5.41, 5.74) is 0.858. The van der Waals surface area contributed by atoms with Crippen LogP contribution in [-0.2, 0) is 0 Å². The fraction of sp³-hybridized carbons (Fsp3) is 0.312. The van der Waals surface area contributed by atoms with Gasteiger partial charge >= 0.3 is 0 Å². The minimum atomic E-state index is -0.100. The number of fused-ring (bicyclic) bond motifs is 1. The highest BCUT2D eigenvalue weighted by Crippen LogP contribution is 2.33. The molecule has 3 rings (SSSR count). The van der Waals surface area contributed by atoms with Crippen LogP contribution in [0, 0.1) is 5.92 Å². The molecule has 0 radical (unpaired) electrons. The van der Waals surface area contributed by atoms with Crippen molar-refractivity contribution in [3.05, 3.63) is 39.6 Å². The number of nitrogens with zero attached hydrogens (tertiary/aromatic N) is 3. The van der Waals surface area contributed by atoms with Crippen molar-refractivity contribution >= 4 is 39.1 Å². The Hall–Kier alpha value is -1.79. The van der Waals surface area contributed by atoms with Crippen molar-refractivity contribution in [3.63, 3.8) is 0 Å². The molecule has 0 aromatic carbocycles. The predicted molar refractivity (Wildman–Crippen MR) is 95.2 cm³/mol. The Labute approximate surface area is 136 Å². The molecular weight excluding hydrogens is 314 g/mol. The number of thiophene rings is 2. The van der Waals surface area contributed by atoms with Crippen molar-refractivity contribution in [3.8, 4) is 10.4 Å². The minimum Gasteiger partial charge on any atom is -0.267 e. The highest BCUT2D eigenvalue weighted by atomic mass is 32.1. The number of aromatic nitrogens is 2. The first-order valence-corrected chi connectivity index (χ1v) is 9.07. The highest BCUT2D eigenvalue weighted by Gasteiger charge is 2.13. The molecule has 0 unspecified atom stereocenters. The first kappa shape index (κ1) is 15.1. The molecule has 4 nitrogen and oxygen atoms in total. The first-order valence-electron chi connectivity index (χ1n) is 7.31. The van der Waals surface area contributed by atoms with Crippen molar-refractivity contribution in [2.24, 2.45) is 11.0 Å². The predicted octanol–water partition coefficient (Wildman–Crippen LogP) is 4.46. The molecule has 0 N–H and O–H groups in total. The minimum absolute atomic E-state index is 0.100. The second kappa shape index (κ2) is 6.54. The van der Waals surface area contributed by atoms with E-state index < -0.39 is 0 Å². The van der Waals surface area contributed by atoms with E-state index in [-0.39, 0.29) is 5.56 Å². The van der Waals surface area contributed by atoms with Crippen LogP contribution < -0.4 is 5.56 Å². The molecule has 3 heterocycles. The van der Waals surface area contributed by atoms with Gasteiger partial charge in [-0.2, -0.15) is 9.78 Å². The Balaban J connectivity index is 2.09. The lowest BCUT2D eigenvalue weighted by molar-refractivity contribution is 0.646. The standard InChI is InChI=1S/C16H17N3OS2/c1-3-11(4-2)8-18-19-10-17-15-14(16(19)20)12(9-22-15)13-6-5-7-21-13/h5-11H,3-4H2,1-2H3/b18-8-. The lowest BCUT2D eigenvalue weighted by Crippen LogP contribution is -2.17. The summed E-state index contributed by atoms with van der Waals surface area (Å²) >= 11 is 3.13. The molecule has 0 fully saturated rings. The average molecular weight is 331 g/mol. The highest BCUT2D eigenvalue weighted by molar-refractivity contribution is 7.18. The maximum Gasteiger partial charge on any atom is 0.283 e. The second-order valence-electron chi connectivity index (χ2n) is 5.04. The molecule has 3 aromatic heterocycles. The summed E-state index contributed by atoms with van der Waals surface area (Å²) in [5.74, 6) is 0.391. The van der Waals surface area contributed by atoms with Gasteiger partial charge in [0, 0.05) is 22.0 Å². The van der Waals surface area contributed by atoms with Crippen LogP contribution in [-0.4, -0.2) is 15.9 Å². The number of hydrogen-bond acceptors (Lipinski definition) is 5. The largest absolute Gasteiger partial charge is 0.283 e. The average Bonchev–Trinajstić information content (AvgIpc) is 3.18. The van der Waals surface area contributed by atoms with Crippen LogP contribution in [0.1, 0.15) is 26.7 Å². The molecule has 6 heteroatoms. The van der Waals surface area contributed by atoms with Crippen molar-refractivity contribution in [2.45, 2.75) is 26.7 Å². The molecule has 0 spiro atoms. The summed E-state index contributed by atoms with van der Waals surface area (Å²) in [7, 11) is 0. The van der Waals surface area contributed by atoms with Gasteiger partial charge < -0.3 is 0 Å². The Kier molecular flexibility index (Phi) is 4.49. The van der Waals surface area contributed by atoms with Gasteiger partial charge in [-0.3, -0.25) is 4.79 Å². The zero-order valence-electron chi connectivity index (χ0n) is 12.5. The third-order valence-corrected chi connectivity index (χ3v) is 5.50. The van der Waals surface area contributed by atoms with Crippen LogP contribution in [0.5, 0.6) is 0 Å². The maximum absolute atomic E-state index is 12.7. The summed E-state index contributed by atoms with van der Waals surface area (Å²) in [6.07, 6.45) is 5.40. The van der Waals surface area contributed by atoms with Crippen molar-refractivity contribution in [1.29, 1.82) is 0 Å². The molecule has 114 valence electrons. The Morgan fingerprint density at radius 2 is 2.18 bits per heavy atom. The van der Waals surface area contributed by atoms with Gasteiger partial charge in [-0.05, 0) is 30.2 Å². The maximum atomic E-state index is 12.7. The third-order valence-electron chi connectivity index (χ3n) is 3.72. The molecule has 0 bridgehead atoms. The van der Waals surface area contributed by atoms with Gasteiger partial charge in [0.1, 0.15) is 11.2 Å². The molecule has 0 atom stereocenters. The second-order valence-corrected chi connectivity index (χ2v) is 6.85. The molecule has 0 aliphatic carbocycles. The van der Waals surface area contributed by atoms with Gasteiger partial charge in [-0.25, -0.2) is 4.98 Å². The molecule has 0 amide bonds. The van der Waals surface area contributed by atoms with Gasteiger partial charge in [-0.1, -0.05) is 19.9 Å².